The molecule has 1 unspecified atom stereocenters. The zero-order valence-corrected chi connectivity index (χ0v) is 16.0. The van der Waals surface area contributed by atoms with Gasteiger partial charge in [0, 0.05) is 33.7 Å². The fourth-order valence-corrected chi connectivity index (χ4v) is 4.63. The van der Waals surface area contributed by atoms with Crippen LogP contribution >= 0.6 is 23.2 Å². The molecule has 5 heteroatoms. The van der Waals surface area contributed by atoms with Crippen molar-refractivity contribution in [2.24, 2.45) is 0 Å². The number of hydrogen-bond acceptors (Lipinski definition) is 2. The zero-order chi connectivity index (χ0) is 17.7. The number of ether oxygens (including phenoxy) is 1. The number of aromatic amines is 1. The largest absolute Gasteiger partial charge is 0.495 e. The second kappa shape index (κ2) is 6.24. The van der Waals surface area contributed by atoms with E-state index in [-0.39, 0.29) is 6.04 Å². The van der Waals surface area contributed by atoms with Crippen LogP contribution in [0.5, 0.6) is 5.75 Å². The van der Waals surface area contributed by atoms with Gasteiger partial charge in [-0.25, -0.2) is 0 Å². The van der Waals surface area contributed by atoms with Gasteiger partial charge in [0.2, 0.25) is 0 Å². The Kier molecular flexibility index (Phi) is 4.19. The van der Waals surface area contributed by atoms with Crippen molar-refractivity contribution in [3.05, 3.63) is 62.3 Å². The quantitative estimate of drug-likeness (QED) is 0.635. The van der Waals surface area contributed by atoms with E-state index in [1.165, 1.54) is 33.3 Å². The van der Waals surface area contributed by atoms with Gasteiger partial charge in [0.1, 0.15) is 5.75 Å². The average Bonchev–Trinajstić information content (AvgIpc) is 2.92. The summed E-state index contributed by atoms with van der Waals surface area (Å²) in [4.78, 5) is 3.63. The molecule has 25 heavy (non-hydrogen) atoms. The summed E-state index contributed by atoms with van der Waals surface area (Å²) in [7, 11) is 1.64. The van der Waals surface area contributed by atoms with Gasteiger partial charge >= 0.3 is 0 Å². The summed E-state index contributed by atoms with van der Waals surface area (Å²) in [5.41, 5.74) is 7.26. The number of rotatable bonds is 2. The second-order valence-corrected chi connectivity index (χ2v) is 7.51. The third-order valence-corrected chi connectivity index (χ3v) is 5.44. The number of H-pyrrole nitrogens is 1. The molecule has 130 valence electrons. The van der Waals surface area contributed by atoms with Crippen LogP contribution in [0, 0.1) is 13.8 Å². The van der Waals surface area contributed by atoms with E-state index >= 15 is 0 Å². The van der Waals surface area contributed by atoms with Gasteiger partial charge in [-0.15, -0.1) is 0 Å². The number of methoxy groups -OCH3 is 1. The summed E-state index contributed by atoms with van der Waals surface area (Å²) in [6, 6.07) is 8.07. The molecule has 0 spiro atoms. The van der Waals surface area contributed by atoms with Crippen molar-refractivity contribution in [2.45, 2.75) is 26.3 Å². The molecule has 0 fully saturated rings. The van der Waals surface area contributed by atoms with E-state index in [9.17, 15) is 0 Å². The lowest BCUT2D eigenvalue weighted by Gasteiger charge is -2.27. The van der Waals surface area contributed by atoms with Gasteiger partial charge in [0.05, 0.1) is 18.2 Å². The molecular formula is C20H20Cl2N2O. The molecule has 4 rings (SSSR count). The van der Waals surface area contributed by atoms with Crippen molar-refractivity contribution in [3.63, 3.8) is 0 Å². The highest BCUT2D eigenvalue weighted by atomic mass is 35.5. The Hall–Kier alpha value is -1.68. The van der Waals surface area contributed by atoms with Crippen LogP contribution in [0.2, 0.25) is 10.0 Å². The molecule has 1 aliphatic rings. The van der Waals surface area contributed by atoms with E-state index in [1.807, 2.05) is 6.07 Å². The number of aromatic nitrogens is 1. The fraction of sp³-hybridized carbons (Fsp3) is 0.300. The van der Waals surface area contributed by atoms with Crippen molar-refractivity contribution < 1.29 is 4.74 Å². The Morgan fingerprint density at radius 2 is 1.92 bits per heavy atom. The van der Waals surface area contributed by atoms with E-state index < -0.39 is 0 Å². The van der Waals surface area contributed by atoms with Crippen LogP contribution in [0.3, 0.4) is 0 Å². The molecule has 3 nitrogen and oxygen atoms in total. The van der Waals surface area contributed by atoms with E-state index in [0.717, 1.165) is 18.5 Å². The lowest BCUT2D eigenvalue weighted by atomic mass is 9.92. The van der Waals surface area contributed by atoms with Gasteiger partial charge in [-0.2, -0.15) is 0 Å². The van der Waals surface area contributed by atoms with Crippen molar-refractivity contribution in [3.8, 4) is 5.75 Å². The minimum atomic E-state index is -0.0259. The molecule has 1 aromatic heterocycles. The molecule has 2 aromatic carbocycles. The Bertz CT molecular complexity index is 978. The summed E-state index contributed by atoms with van der Waals surface area (Å²) in [5, 5.41) is 6.06. The number of nitrogens with one attached hydrogen (secondary N) is 2. The summed E-state index contributed by atoms with van der Waals surface area (Å²) >= 11 is 12.6. The average molecular weight is 375 g/mol. The smallest absolute Gasteiger partial charge is 0.142 e. The normalized spacial score (nSPS) is 16.9. The predicted molar refractivity (Wildman–Crippen MR) is 104 cm³/mol. The van der Waals surface area contributed by atoms with Gasteiger partial charge in [-0.05, 0) is 55.2 Å². The monoisotopic (exact) mass is 374 g/mol. The second-order valence-electron chi connectivity index (χ2n) is 6.67. The van der Waals surface area contributed by atoms with Crippen molar-refractivity contribution in [1.29, 1.82) is 0 Å². The zero-order valence-electron chi connectivity index (χ0n) is 14.5. The highest BCUT2D eigenvalue weighted by Gasteiger charge is 2.29. The molecule has 2 N–H and O–H groups in total. The van der Waals surface area contributed by atoms with E-state index in [4.69, 9.17) is 27.9 Å². The molecule has 0 aliphatic carbocycles. The highest BCUT2D eigenvalue weighted by molar-refractivity contribution is 6.35. The molecule has 1 atom stereocenters. The molecule has 0 saturated carbocycles. The van der Waals surface area contributed by atoms with Crippen molar-refractivity contribution in [1.82, 2.24) is 10.3 Å². The first-order valence-electron chi connectivity index (χ1n) is 8.37. The van der Waals surface area contributed by atoms with Gasteiger partial charge in [-0.1, -0.05) is 29.3 Å². The van der Waals surface area contributed by atoms with Crippen LogP contribution in [-0.2, 0) is 6.42 Å². The van der Waals surface area contributed by atoms with Crippen molar-refractivity contribution in [2.75, 3.05) is 13.7 Å². The summed E-state index contributed by atoms with van der Waals surface area (Å²) in [5.74, 6) is 0.669. The molecular weight excluding hydrogens is 355 g/mol. The molecule has 2 heterocycles. The first kappa shape index (κ1) is 16.8. The first-order chi connectivity index (χ1) is 12.0. The molecule has 0 radical (unpaired) electrons. The Morgan fingerprint density at radius 1 is 1.12 bits per heavy atom. The van der Waals surface area contributed by atoms with Gasteiger partial charge in [-0.3, -0.25) is 0 Å². The van der Waals surface area contributed by atoms with Gasteiger partial charge < -0.3 is 15.0 Å². The lowest BCUT2D eigenvalue weighted by molar-refractivity contribution is 0.402. The number of aryl methyl sites for hydroxylation is 2. The van der Waals surface area contributed by atoms with Crippen LogP contribution in [0.25, 0.3) is 10.9 Å². The number of fused-ring (bicyclic) bond motifs is 3. The van der Waals surface area contributed by atoms with Crippen molar-refractivity contribution >= 4 is 34.1 Å². The maximum Gasteiger partial charge on any atom is 0.142 e. The molecule has 3 aromatic rings. The summed E-state index contributed by atoms with van der Waals surface area (Å²) in [6.45, 7) is 5.20. The number of halogens is 2. The SMILES string of the molecule is COc1c(Cl)cc(Cl)cc1C1NCCc2c1[nH]c1cc(C)cc(C)c21. The third kappa shape index (κ3) is 2.71. The maximum absolute atomic E-state index is 6.36. The number of benzene rings is 2. The van der Waals surface area contributed by atoms with Gasteiger partial charge in [0.15, 0.2) is 0 Å². The molecule has 0 saturated heterocycles. The fourth-order valence-electron chi connectivity index (χ4n) is 4.05. The summed E-state index contributed by atoms with van der Waals surface area (Å²) < 4.78 is 5.57. The molecule has 0 amide bonds. The van der Waals surface area contributed by atoms with Crippen LogP contribution in [0.1, 0.15) is 34.0 Å². The van der Waals surface area contributed by atoms with Crippen LogP contribution in [0.4, 0.5) is 0 Å². The van der Waals surface area contributed by atoms with E-state index in [1.54, 1.807) is 13.2 Å². The number of hydrogen-bond donors (Lipinski definition) is 2. The maximum atomic E-state index is 6.36. The van der Waals surface area contributed by atoms with Crippen LogP contribution in [-0.4, -0.2) is 18.6 Å². The van der Waals surface area contributed by atoms with Gasteiger partial charge in [0.25, 0.3) is 0 Å². The lowest BCUT2D eigenvalue weighted by Crippen LogP contribution is -2.30. The Balaban J connectivity index is 1.96. The van der Waals surface area contributed by atoms with E-state index in [2.05, 4.69) is 36.3 Å². The molecule has 1 aliphatic heterocycles. The third-order valence-electron chi connectivity index (χ3n) is 4.94. The van der Waals surface area contributed by atoms with Crippen LogP contribution < -0.4 is 10.1 Å². The molecule has 0 bridgehead atoms. The predicted octanol–water partition coefficient (Wildman–Crippen LogP) is 5.34. The first-order valence-corrected chi connectivity index (χ1v) is 9.13. The van der Waals surface area contributed by atoms with E-state index in [0.29, 0.717) is 15.8 Å². The van der Waals surface area contributed by atoms with Crippen LogP contribution in [0.15, 0.2) is 24.3 Å². The Morgan fingerprint density at radius 3 is 2.68 bits per heavy atom. The summed E-state index contributed by atoms with van der Waals surface area (Å²) in [6.07, 6.45) is 0.992. The Labute approximate surface area is 157 Å². The highest BCUT2D eigenvalue weighted by Crippen LogP contribution is 2.41. The minimum absolute atomic E-state index is 0.0259. The topological polar surface area (TPSA) is 37.0 Å². The standard InChI is InChI=1S/C20H20Cl2N2O/c1-10-6-11(2)17-13-4-5-23-18(19(13)24-16(17)7-10)14-8-12(21)9-15(22)20(14)25-3/h6-9,18,23-24H,4-5H2,1-3H3. The minimum Gasteiger partial charge on any atom is -0.495 e.